The first-order valence-electron chi connectivity index (χ1n) is 16.0. The Kier molecular flexibility index (Phi) is 6.22. The van der Waals surface area contributed by atoms with Crippen molar-refractivity contribution in [3.05, 3.63) is 163 Å². The highest BCUT2D eigenvalue weighted by Gasteiger charge is 2.46. The Bertz CT molecular complexity index is 2190. The summed E-state index contributed by atoms with van der Waals surface area (Å²) in [5.74, 6) is 0. The van der Waals surface area contributed by atoms with Gasteiger partial charge >= 0.3 is 0 Å². The molecule has 1 heteroatoms. The van der Waals surface area contributed by atoms with Gasteiger partial charge in [-0.1, -0.05) is 149 Å². The minimum absolute atomic E-state index is 0.00393. The molecule has 0 aromatic heterocycles. The fourth-order valence-corrected chi connectivity index (χ4v) is 7.52. The third-order valence-electron chi connectivity index (χ3n) is 10.6. The number of rotatable bonds is 4. The van der Waals surface area contributed by atoms with E-state index >= 15 is 0 Å². The van der Waals surface area contributed by atoms with Crippen molar-refractivity contribution in [3.63, 3.8) is 0 Å². The van der Waals surface area contributed by atoms with Crippen molar-refractivity contribution in [1.82, 2.24) is 0 Å². The highest BCUT2D eigenvalue weighted by Crippen LogP contribution is 2.56. The Hall–Kier alpha value is -5.14. The second kappa shape index (κ2) is 10.2. The van der Waals surface area contributed by atoms with Crippen molar-refractivity contribution in [2.45, 2.75) is 38.5 Å². The van der Waals surface area contributed by atoms with Crippen LogP contribution < -0.4 is 4.90 Å². The van der Waals surface area contributed by atoms with Crippen molar-refractivity contribution in [1.29, 1.82) is 0 Å². The lowest BCUT2D eigenvalue weighted by atomic mass is 9.55. The normalized spacial score (nSPS) is 14.6. The summed E-state index contributed by atoms with van der Waals surface area (Å²) in [6.07, 6.45) is 0. The Labute approximate surface area is 266 Å². The van der Waals surface area contributed by atoms with Gasteiger partial charge in [-0.2, -0.15) is 0 Å². The zero-order valence-corrected chi connectivity index (χ0v) is 26.4. The maximum absolute atomic E-state index is 2.42. The molecule has 0 heterocycles. The lowest BCUT2D eigenvalue weighted by Crippen LogP contribution is -2.43. The summed E-state index contributed by atoms with van der Waals surface area (Å²) in [6, 6.07) is 55.5. The first kappa shape index (κ1) is 27.4. The van der Waals surface area contributed by atoms with Gasteiger partial charge in [-0.25, -0.2) is 0 Å². The Morgan fingerprint density at radius 2 is 1.00 bits per heavy atom. The largest absolute Gasteiger partial charge is 0.310 e. The van der Waals surface area contributed by atoms with Crippen molar-refractivity contribution >= 4 is 38.6 Å². The molecule has 45 heavy (non-hydrogen) atoms. The second-order valence-corrected chi connectivity index (χ2v) is 13.4. The third-order valence-corrected chi connectivity index (χ3v) is 10.6. The fraction of sp³-hybridized carbons (Fsp3) is 0.136. The van der Waals surface area contributed by atoms with Gasteiger partial charge < -0.3 is 4.90 Å². The van der Waals surface area contributed by atoms with Crippen LogP contribution in [0.5, 0.6) is 0 Å². The van der Waals surface area contributed by atoms with E-state index in [1.165, 1.54) is 60.6 Å². The van der Waals surface area contributed by atoms with Crippen molar-refractivity contribution < 1.29 is 0 Å². The van der Waals surface area contributed by atoms with Gasteiger partial charge in [-0.05, 0) is 90.7 Å². The van der Waals surface area contributed by atoms with Crippen LogP contribution in [-0.2, 0) is 10.8 Å². The minimum Gasteiger partial charge on any atom is -0.310 e. The fourth-order valence-electron chi connectivity index (χ4n) is 7.52. The standard InChI is InChI=1S/C44H37N/c1-43(2)38-22-14-13-21-37(38)42-39(44(43,3)4)28-25-32-29-40(35-19-11-12-20-36(35)41(32)42)45(33-17-9-6-10-18-33)34-26-23-31(24-27-34)30-15-7-5-8-16-30/h5-29H,1-4H3. The molecular formula is C44H37N. The monoisotopic (exact) mass is 579 g/mol. The maximum atomic E-state index is 2.42. The van der Waals surface area contributed by atoms with Crippen LogP contribution in [0.2, 0.25) is 0 Å². The topological polar surface area (TPSA) is 3.24 Å². The molecule has 0 N–H and O–H groups in total. The number of anilines is 3. The van der Waals surface area contributed by atoms with E-state index in [1.807, 2.05) is 0 Å². The number of nitrogens with zero attached hydrogens (tertiary/aromatic N) is 1. The van der Waals surface area contributed by atoms with E-state index in [0.29, 0.717) is 0 Å². The molecule has 0 unspecified atom stereocenters. The molecule has 1 nitrogen and oxygen atoms in total. The van der Waals surface area contributed by atoms with Gasteiger partial charge in [0.15, 0.2) is 0 Å². The van der Waals surface area contributed by atoms with Crippen LogP contribution in [0, 0.1) is 0 Å². The molecule has 1 aliphatic carbocycles. The number of hydrogen-bond acceptors (Lipinski definition) is 1. The lowest BCUT2D eigenvalue weighted by molar-refractivity contribution is 0.299. The molecule has 7 aromatic carbocycles. The van der Waals surface area contributed by atoms with E-state index in [2.05, 4.69) is 184 Å². The zero-order chi connectivity index (χ0) is 30.8. The van der Waals surface area contributed by atoms with Crippen LogP contribution in [0.15, 0.2) is 152 Å². The molecule has 0 spiro atoms. The smallest absolute Gasteiger partial charge is 0.0546 e. The van der Waals surface area contributed by atoms with E-state index in [-0.39, 0.29) is 10.8 Å². The molecule has 7 aromatic rings. The number of para-hydroxylation sites is 1. The summed E-state index contributed by atoms with van der Waals surface area (Å²) >= 11 is 0. The van der Waals surface area contributed by atoms with Gasteiger partial charge in [0.05, 0.1) is 5.69 Å². The van der Waals surface area contributed by atoms with Crippen LogP contribution in [0.1, 0.15) is 38.8 Å². The average Bonchev–Trinajstić information content (AvgIpc) is 3.08. The summed E-state index contributed by atoms with van der Waals surface area (Å²) in [5, 5.41) is 5.13. The number of fused-ring (bicyclic) bond motifs is 7. The molecule has 0 bridgehead atoms. The highest BCUT2D eigenvalue weighted by molar-refractivity contribution is 6.20. The van der Waals surface area contributed by atoms with E-state index in [4.69, 9.17) is 0 Å². The van der Waals surface area contributed by atoms with Crippen molar-refractivity contribution in [2.24, 2.45) is 0 Å². The van der Waals surface area contributed by atoms with Crippen LogP contribution in [0.3, 0.4) is 0 Å². The van der Waals surface area contributed by atoms with Crippen LogP contribution in [-0.4, -0.2) is 0 Å². The van der Waals surface area contributed by atoms with Crippen LogP contribution in [0.4, 0.5) is 17.1 Å². The van der Waals surface area contributed by atoms with Crippen LogP contribution >= 0.6 is 0 Å². The second-order valence-electron chi connectivity index (χ2n) is 13.4. The lowest BCUT2D eigenvalue weighted by Gasteiger charge is -2.48. The van der Waals surface area contributed by atoms with E-state index in [1.54, 1.807) is 0 Å². The summed E-state index contributed by atoms with van der Waals surface area (Å²) in [7, 11) is 0. The van der Waals surface area contributed by atoms with E-state index in [9.17, 15) is 0 Å². The van der Waals surface area contributed by atoms with Gasteiger partial charge in [0.1, 0.15) is 0 Å². The quantitative estimate of drug-likeness (QED) is 0.187. The highest BCUT2D eigenvalue weighted by atomic mass is 15.1. The Morgan fingerprint density at radius 3 is 1.73 bits per heavy atom. The molecule has 0 fully saturated rings. The number of hydrogen-bond donors (Lipinski definition) is 0. The summed E-state index contributed by atoms with van der Waals surface area (Å²) in [4.78, 5) is 2.41. The SMILES string of the molecule is CC1(C)c2ccccc2-c2c(ccc3cc(N(c4ccccc4)c4ccc(-c5ccccc5)cc4)c4ccccc4c23)C1(C)C. The first-order valence-corrected chi connectivity index (χ1v) is 16.0. The van der Waals surface area contributed by atoms with Crippen molar-refractivity contribution in [2.75, 3.05) is 4.90 Å². The van der Waals surface area contributed by atoms with Gasteiger partial charge in [0, 0.05) is 16.8 Å². The van der Waals surface area contributed by atoms with Gasteiger partial charge in [-0.15, -0.1) is 0 Å². The van der Waals surface area contributed by atoms with Gasteiger partial charge in [-0.3, -0.25) is 0 Å². The Morgan fingerprint density at radius 1 is 0.444 bits per heavy atom. The third kappa shape index (κ3) is 4.15. The average molecular weight is 580 g/mol. The molecule has 218 valence electrons. The molecule has 0 amide bonds. The van der Waals surface area contributed by atoms with E-state index < -0.39 is 0 Å². The molecule has 8 rings (SSSR count). The van der Waals surface area contributed by atoms with Gasteiger partial charge in [0.2, 0.25) is 0 Å². The predicted octanol–water partition coefficient (Wildman–Crippen LogP) is 12.4. The summed E-state index contributed by atoms with van der Waals surface area (Å²) in [5.41, 5.74) is 11.4. The molecule has 0 aliphatic heterocycles. The summed E-state index contributed by atoms with van der Waals surface area (Å²) in [6.45, 7) is 9.64. The molecule has 0 atom stereocenters. The Balaban J connectivity index is 1.41. The molecule has 0 saturated heterocycles. The molecular weight excluding hydrogens is 542 g/mol. The van der Waals surface area contributed by atoms with Crippen LogP contribution in [0.25, 0.3) is 43.8 Å². The maximum Gasteiger partial charge on any atom is 0.0546 e. The predicted molar refractivity (Wildman–Crippen MR) is 193 cm³/mol. The minimum atomic E-state index is -0.0405. The number of benzene rings is 7. The van der Waals surface area contributed by atoms with E-state index in [0.717, 1.165) is 11.4 Å². The zero-order valence-electron chi connectivity index (χ0n) is 26.4. The molecule has 0 saturated carbocycles. The first-order chi connectivity index (χ1) is 21.9. The van der Waals surface area contributed by atoms with Crippen molar-refractivity contribution in [3.8, 4) is 22.3 Å². The van der Waals surface area contributed by atoms with Gasteiger partial charge in [0.25, 0.3) is 0 Å². The summed E-state index contributed by atoms with van der Waals surface area (Å²) < 4.78 is 0. The molecule has 0 radical (unpaired) electrons. The molecule has 1 aliphatic rings.